The predicted molar refractivity (Wildman–Crippen MR) is 80.1 cm³/mol. The summed E-state index contributed by atoms with van der Waals surface area (Å²) in [5.74, 6) is 0.674. The highest BCUT2D eigenvalue weighted by molar-refractivity contribution is 6.08. The molecule has 0 fully saturated rings. The van der Waals surface area contributed by atoms with Crippen LogP contribution in [0.1, 0.15) is 19.4 Å². The third-order valence-electron chi connectivity index (χ3n) is 3.13. The molecule has 0 atom stereocenters. The largest absolute Gasteiger partial charge is 0.409 e. The lowest BCUT2D eigenvalue weighted by atomic mass is 10.1. The highest BCUT2D eigenvalue weighted by Crippen LogP contribution is 2.20. The first-order valence-corrected chi connectivity index (χ1v) is 6.77. The summed E-state index contributed by atoms with van der Waals surface area (Å²) in [7, 11) is 0. The molecule has 0 saturated carbocycles. The number of oxime groups is 1. The molecule has 5 nitrogen and oxygen atoms in total. The zero-order valence-corrected chi connectivity index (χ0v) is 11.9. The maximum absolute atomic E-state index is 8.82. The molecule has 108 valence electrons. The van der Waals surface area contributed by atoms with E-state index >= 15 is 0 Å². The molecule has 0 aliphatic heterocycles. The smallest absolute Gasteiger partial charge is 0.170 e. The Morgan fingerprint density at radius 1 is 1.40 bits per heavy atom. The highest BCUT2D eigenvalue weighted by atomic mass is 16.5. The molecule has 0 aliphatic rings. The van der Waals surface area contributed by atoms with Crippen molar-refractivity contribution in [1.29, 1.82) is 0 Å². The second-order valence-electron chi connectivity index (χ2n) is 5.20. The maximum atomic E-state index is 8.82. The van der Waals surface area contributed by atoms with E-state index in [1.807, 2.05) is 30.5 Å². The molecule has 1 aromatic carbocycles. The number of benzene rings is 1. The first-order valence-electron chi connectivity index (χ1n) is 6.77. The van der Waals surface area contributed by atoms with Gasteiger partial charge < -0.3 is 20.2 Å². The van der Waals surface area contributed by atoms with Crippen molar-refractivity contribution in [1.82, 2.24) is 4.57 Å². The molecule has 0 unspecified atom stereocenters. The van der Waals surface area contributed by atoms with Gasteiger partial charge in [0.1, 0.15) is 0 Å². The Kier molecular flexibility index (Phi) is 4.63. The summed E-state index contributed by atoms with van der Waals surface area (Å²) in [6, 6.07) is 7.75. The quantitative estimate of drug-likeness (QED) is 0.279. The molecule has 3 N–H and O–H groups in total. The van der Waals surface area contributed by atoms with Crippen LogP contribution in [0.25, 0.3) is 10.9 Å². The van der Waals surface area contributed by atoms with Crippen LogP contribution in [0.5, 0.6) is 0 Å². The van der Waals surface area contributed by atoms with Gasteiger partial charge in [0.15, 0.2) is 5.84 Å². The van der Waals surface area contributed by atoms with Crippen molar-refractivity contribution in [3.8, 4) is 0 Å². The number of hydrogen-bond acceptors (Lipinski definition) is 3. The molecule has 20 heavy (non-hydrogen) atoms. The van der Waals surface area contributed by atoms with Crippen molar-refractivity contribution in [2.45, 2.75) is 20.4 Å². The number of nitrogens with two attached hydrogens (primary N) is 1. The standard InChI is InChI=1S/C15H21N3O2/c1-11(2)10-20-9-8-18-7-6-12-13(15(16)17-19)4-3-5-14(12)18/h3-7,11,19H,8-10H2,1-2H3,(H2,16,17). The van der Waals surface area contributed by atoms with Crippen LogP contribution >= 0.6 is 0 Å². The Morgan fingerprint density at radius 2 is 2.20 bits per heavy atom. The van der Waals surface area contributed by atoms with E-state index in [0.29, 0.717) is 12.5 Å². The van der Waals surface area contributed by atoms with Gasteiger partial charge in [-0.15, -0.1) is 0 Å². The van der Waals surface area contributed by atoms with E-state index in [1.165, 1.54) is 0 Å². The summed E-state index contributed by atoms with van der Waals surface area (Å²) in [6.45, 7) is 6.50. The summed E-state index contributed by atoms with van der Waals surface area (Å²) in [5.41, 5.74) is 7.49. The van der Waals surface area contributed by atoms with Gasteiger partial charge in [-0.05, 0) is 18.1 Å². The minimum absolute atomic E-state index is 0.129. The minimum atomic E-state index is 0.129. The zero-order valence-electron chi connectivity index (χ0n) is 11.9. The van der Waals surface area contributed by atoms with Gasteiger partial charge in [-0.1, -0.05) is 31.1 Å². The first kappa shape index (κ1) is 14.4. The fourth-order valence-electron chi connectivity index (χ4n) is 2.18. The molecule has 0 aliphatic carbocycles. The predicted octanol–water partition coefficient (Wildman–Crippen LogP) is 2.41. The van der Waals surface area contributed by atoms with Crippen LogP contribution in [-0.2, 0) is 11.3 Å². The fourth-order valence-corrected chi connectivity index (χ4v) is 2.18. The molecular weight excluding hydrogens is 254 g/mol. The lowest BCUT2D eigenvalue weighted by Gasteiger charge is -2.09. The Bertz CT molecular complexity index is 602. The third kappa shape index (κ3) is 3.11. The molecule has 1 heterocycles. The number of rotatable bonds is 6. The van der Waals surface area contributed by atoms with Crippen LogP contribution < -0.4 is 5.73 Å². The maximum Gasteiger partial charge on any atom is 0.170 e. The number of fused-ring (bicyclic) bond motifs is 1. The number of ether oxygens (including phenoxy) is 1. The highest BCUT2D eigenvalue weighted by Gasteiger charge is 2.08. The number of hydrogen-bond donors (Lipinski definition) is 2. The molecule has 0 spiro atoms. The second-order valence-corrected chi connectivity index (χ2v) is 5.20. The summed E-state index contributed by atoms with van der Waals surface area (Å²) < 4.78 is 7.72. The van der Waals surface area contributed by atoms with Crippen LogP contribution in [0.3, 0.4) is 0 Å². The van der Waals surface area contributed by atoms with Gasteiger partial charge in [-0.25, -0.2) is 0 Å². The lowest BCUT2D eigenvalue weighted by Crippen LogP contribution is -2.13. The van der Waals surface area contributed by atoms with E-state index in [0.717, 1.165) is 29.6 Å². The van der Waals surface area contributed by atoms with Crippen molar-refractivity contribution < 1.29 is 9.94 Å². The fraction of sp³-hybridized carbons (Fsp3) is 0.400. The Hall–Kier alpha value is -2.01. The summed E-state index contributed by atoms with van der Waals surface area (Å²) in [4.78, 5) is 0. The molecule has 0 saturated heterocycles. The number of nitrogens with zero attached hydrogens (tertiary/aromatic N) is 2. The topological polar surface area (TPSA) is 72.8 Å². The normalized spacial score (nSPS) is 12.4. The second kappa shape index (κ2) is 6.43. The van der Waals surface area contributed by atoms with E-state index in [4.69, 9.17) is 15.7 Å². The third-order valence-corrected chi connectivity index (χ3v) is 3.13. The van der Waals surface area contributed by atoms with Crippen LogP contribution in [0, 0.1) is 5.92 Å². The minimum Gasteiger partial charge on any atom is -0.409 e. The van der Waals surface area contributed by atoms with Crippen LogP contribution in [-0.4, -0.2) is 28.8 Å². The molecule has 0 radical (unpaired) electrons. The van der Waals surface area contributed by atoms with Crippen molar-refractivity contribution in [3.63, 3.8) is 0 Å². The Morgan fingerprint density at radius 3 is 2.90 bits per heavy atom. The summed E-state index contributed by atoms with van der Waals surface area (Å²) in [5, 5.41) is 12.9. The Labute approximate surface area is 118 Å². The number of amidine groups is 1. The van der Waals surface area contributed by atoms with E-state index in [9.17, 15) is 0 Å². The SMILES string of the molecule is CC(C)COCCn1ccc2c(/C(N)=N/O)cccc21. The van der Waals surface area contributed by atoms with Gasteiger partial charge >= 0.3 is 0 Å². The molecular formula is C15H21N3O2. The summed E-state index contributed by atoms with van der Waals surface area (Å²) >= 11 is 0. The zero-order chi connectivity index (χ0) is 14.5. The van der Waals surface area contributed by atoms with Crippen molar-refractivity contribution in [3.05, 3.63) is 36.0 Å². The van der Waals surface area contributed by atoms with Crippen molar-refractivity contribution in [2.24, 2.45) is 16.8 Å². The van der Waals surface area contributed by atoms with E-state index in [2.05, 4.69) is 23.6 Å². The molecule has 1 aromatic heterocycles. The van der Waals surface area contributed by atoms with Crippen LogP contribution in [0.4, 0.5) is 0 Å². The monoisotopic (exact) mass is 275 g/mol. The average molecular weight is 275 g/mol. The van der Waals surface area contributed by atoms with E-state index in [-0.39, 0.29) is 5.84 Å². The average Bonchev–Trinajstić information content (AvgIpc) is 2.85. The van der Waals surface area contributed by atoms with Gasteiger partial charge in [0.05, 0.1) is 6.61 Å². The summed E-state index contributed by atoms with van der Waals surface area (Å²) in [6.07, 6.45) is 2.00. The molecule has 2 aromatic rings. The van der Waals surface area contributed by atoms with Gasteiger partial charge in [0, 0.05) is 35.8 Å². The van der Waals surface area contributed by atoms with Gasteiger partial charge in [-0.2, -0.15) is 0 Å². The number of aromatic nitrogens is 1. The molecule has 0 bridgehead atoms. The van der Waals surface area contributed by atoms with Crippen molar-refractivity contribution >= 4 is 16.7 Å². The molecule has 2 rings (SSSR count). The first-order chi connectivity index (χ1) is 9.63. The van der Waals surface area contributed by atoms with E-state index < -0.39 is 0 Å². The van der Waals surface area contributed by atoms with Crippen molar-refractivity contribution in [2.75, 3.05) is 13.2 Å². The van der Waals surface area contributed by atoms with E-state index in [1.54, 1.807) is 0 Å². The molecule has 0 amide bonds. The lowest BCUT2D eigenvalue weighted by molar-refractivity contribution is 0.104. The molecule has 5 heteroatoms. The van der Waals surface area contributed by atoms with Gasteiger partial charge in [0.25, 0.3) is 0 Å². The van der Waals surface area contributed by atoms with Crippen LogP contribution in [0.2, 0.25) is 0 Å². The van der Waals surface area contributed by atoms with Gasteiger partial charge in [-0.3, -0.25) is 0 Å². The Balaban J connectivity index is 2.16. The van der Waals surface area contributed by atoms with Gasteiger partial charge in [0.2, 0.25) is 0 Å². The van der Waals surface area contributed by atoms with Crippen LogP contribution in [0.15, 0.2) is 35.6 Å².